The Hall–Kier alpha value is -2.31. The predicted octanol–water partition coefficient (Wildman–Crippen LogP) is 3.76. The molecule has 4 nitrogen and oxygen atoms in total. The Morgan fingerprint density at radius 3 is 2.75 bits per heavy atom. The number of rotatable bonds is 6. The molecule has 0 saturated carbocycles. The van der Waals surface area contributed by atoms with Crippen molar-refractivity contribution in [1.82, 2.24) is 15.2 Å². The van der Waals surface area contributed by atoms with Crippen molar-refractivity contribution in [2.24, 2.45) is 0 Å². The summed E-state index contributed by atoms with van der Waals surface area (Å²) in [6.07, 6.45) is 2.60. The van der Waals surface area contributed by atoms with Gasteiger partial charge in [-0.2, -0.15) is 11.8 Å². The minimum atomic E-state index is -0.251. The summed E-state index contributed by atoms with van der Waals surface area (Å²) in [5.74, 6) is 1.91. The van der Waals surface area contributed by atoms with Crippen molar-refractivity contribution in [3.8, 4) is 0 Å². The number of aromatic amines is 1. The van der Waals surface area contributed by atoms with Crippen LogP contribution in [0.15, 0.2) is 54.7 Å². The molecule has 1 aliphatic rings. The van der Waals surface area contributed by atoms with Crippen LogP contribution in [-0.4, -0.2) is 46.9 Å². The van der Waals surface area contributed by atoms with Crippen molar-refractivity contribution in [3.63, 3.8) is 0 Å². The standard InChI is InChI=1S/C22H24FN3OS/c23-18-6-7-19-17(15-25-20(19)14-18)8-9-24-22(27)21(16-4-2-1-3-5-16)26-10-12-28-13-11-26/h1-7,14-15,21,25H,8-13H2,(H,24,27)/t21-/m1/s1. The number of hydrogen-bond acceptors (Lipinski definition) is 3. The van der Waals surface area contributed by atoms with Crippen LogP contribution in [-0.2, 0) is 11.2 Å². The van der Waals surface area contributed by atoms with E-state index >= 15 is 0 Å². The lowest BCUT2D eigenvalue weighted by molar-refractivity contribution is -0.126. The summed E-state index contributed by atoms with van der Waals surface area (Å²) in [4.78, 5) is 18.4. The highest BCUT2D eigenvalue weighted by atomic mass is 32.2. The summed E-state index contributed by atoms with van der Waals surface area (Å²) < 4.78 is 13.3. The monoisotopic (exact) mass is 397 g/mol. The number of nitrogens with zero attached hydrogens (tertiary/aromatic N) is 1. The minimum Gasteiger partial charge on any atom is -0.361 e. The van der Waals surface area contributed by atoms with Gasteiger partial charge in [0.1, 0.15) is 11.9 Å². The topological polar surface area (TPSA) is 48.1 Å². The average Bonchev–Trinajstić information content (AvgIpc) is 3.12. The van der Waals surface area contributed by atoms with E-state index < -0.39 is 0 Å². The second kappa shape index (κ2) is 8.80. The van der Waals surface area contributed by atoms with E-state index in [9.17, 15) is 9.18 Å². The number of amides is 1. The molecule has 2 N–H and O–H groups in total. The second-order valence-electron chi connectivity index (χ2n) is 7.01. The number of benzene rings is 2. The molecule has 0 spiro atoms. The van der Waals surface area contributed by atoms with Crippen molar-refractivity contribution in [2.75, 3.05) is 31.1 Å². The van der Waals surface area contributed by atoms with Crippen LogP contribution in [0.3, 0.4) is 0 Å². The molecule has 1 amide bonds. The summed E-state index contributed by atoms with van der Waals surface area (Å²) >= 11 is 1.94. The van der Waals surface area contributed by atoms with Gasteiger partial charge in [-0.1, -0.05) is 30.3 Å². The van der Waals surface area contributed by atoms with E-state index in [0.29, 0.717) is 13.0 Å². The van der Waals surface area contributed by atoms with Crippen LogP contribution in [0.1, 0.15) is 17.2 Å². The Kier molecular flexibility index (Phi) is 5.98. The molecular weight excluding hydrogens is 373 g/mol. The van der Waals surface area contributed by atoms with E-state index in [1.54, 1.807) is 6.07 Å². The Labute approximate surface area is 168 Å². The quantitative estimate of drug-likeness (QED) is 0.666. The smallest absolute Gasteiger partial charge is 0.241 e. The first kappa shape index (κ1) is 19.0. The van der Waals surface area contributed by atoms with Crippen LogP contribution in [0.4, 0.5) is 4.39 Å². The molecule has 2 aromatic carbocycles. The number of nitrogens with one attached hydrogen (secondary N) is 2. The van der Waals surface area contributed by atoms with Gasteiger partial charge in [0.25, 0.3) is 0 Å². The van der Waals surface area contributed by atoms with E-state index in [1.807, 2.05) is 48.3 Å². The Morgan fingerprint density at radius 1 is 1.18 bits per heavy atom. The van der Waals surface area contributed by atoms with Crippen molar-refractivity contribution in [3.05, 3.63) is 71.7 Å². The van der Waals surface area contributed by atoms with Crippen LogP contribution in [0, 0.1) is 5.82 Å². The van der Waals surface area contributed by atoms with Gasteiger partial charge in [0.2, 0.25) is 5.91 Å². The maximum Gasteiger partial charge on any atom is 0.241 e. The fourth-order valence-corrected chi connectivity index (χ4v) is 4.71. The maximum atomic E-state index is 13.3. The highest BCUT2D eigenvalue weighted by Crippen LogP contribution is 2.25. The zero-order chi connectivity index (χ0) is 19.3. The van der Waals surface area contributed by atoms with E-state index in [4.69, 9.17) is 0 Å². The fourth-order valence-electron chi connectivity index (χ4n) is 3.78. The molecule has 1 fully saturated rings. The lowest BCUT2D eigenvalue weighted by Crippen LogP contribution is -2.44. The molecule has 0 bridgehead atoms. The van der Waals surface area contributed by atoms with Crippen LogP contribution in [0.5, 0.6) is 0 Å². The number of thioether (sulfide) groups is 1. The number of halogens is 1. The van der Waals surface area contributed by atoms with Crippen LogP contribution >= 0.6 is 11.8 Å². The van der Waals surface area contributed by atoms with Gasteiger partial charge in [-0.25, -0.2) is 4.39 Å². The summed E-state index contributed by atoms with van der Waals surface area (Å²) in [5, 5.41) is 4.12. The van der Waals surface area contributed by atoms with E-state index in [0.717, 1.165) is 46.6 Å². The molecule has 0 aliphatic carbocycles. The Bertz CT molecular complexity index is 937. The second-order valence-corrected chi connectivity index (χ2v) is 8.23. The molecule has 0 unspecified atom stereocenters. The number of carbonyl (C=O) groups is 1. The average molecular weight is 398 g/mol. The third kappa shape index (κ3) is 4.23. The first-order valence-corrected chi connectivity index (χ1v) is 10.8. The molecule has 6 heteroatoms. The van der Waals surface area contributed by atoms with Gasteiger partial charge < -0.3 is 10.3 Å². The largest absolute Gasteiger partial charge is 0.361 e. The summed E-state index contributed by atoms with van der Waals surface area (Å²) in [7, 11) is 0. The van der Waals surface area contributed by atoms with Gasteiger partial charge in [-0.3, -0.25) is 9.69 Å². The van der Waals surface area contributed by atoms with Crippen molar-refractivity contribution in [2.45, 2.75) is 12.5 Å². The molecule has 146 valence electrons. The van der Waals surface area contributed by atoms with Crippen LogP contribution in [0.25, 0.3) is 10.9 Å². The molecule has 28 heavy (non-hydrogen) atoms. The summed E-state index contributed by atoms with van der Waals surface area (Å²) in [6, 6.07) is 14.5. The van der Waals surface area contributed by atoms with E-state index in [2.05, 4.69) is 15.2 Å². The predicted molar refractivity (Wildman–Crippen MR) is 113 cm³/mol. The first-order valence-electron chi connectivity index (χ1n) is 9.62. The molecule has 1 aromatic heterocycles. The maximum absolute atomic E-state index is 13.3. The van der Waals surface area contributed by atoms with Gasteiger partial charge in [0, 0.05) is 48.2 Å². The molecule has 1 aliphatic heterocycles. The third-order valence-corrected chi connectivity index (χ3v) is 6.14. The zero-order valence-corrected chi connectivity index (χ0v) is 16.5. The number of H-pyrrole nitrogens is 1. The molecule has 0 radical (unpaired) electrons. The number of hydrogen-bond donors (Lipinski definition) is 2. The molecule has 2 heterocycles. The zero-order valence-electron chi connectivity index (χ0n) is 15.7. The minimum absolute atomic E-state index is 0.0454. The molecule has 3 aromatic rings. The highest BCUT2D eigenvalue weighted by molar-refractivity contribution is 7.99. The highest BCUT2D eigenvalue weighted by Gasteiger charge is 2.28. The Morgan fingerprint density at radius 2 is 1.96 bits per heavy atom. The SMILES string of the molecule is O=C(NCCc1c[nH]c2cc(F)ccc12)[C@@H](c1ccccc1)N1CCSCC1. The lowest BCUT2D eigenvalue weighted by Gasteiger charge is -2.33. The lowest BCUT2D eigenvalue weighted by atomic mass is 10.0. The third-order valence-electron chi connectivity index (χ3n) is 5.20. The van der Waals surface area contributed by atoms with Gasteiger partial charge >= 0.3 is 0 Å². The van der Waals surface area contributed by atoms with Crippen LogP contribution in [0.2, 0.25) is 0 Å². The van der Waals surface area contributed by atoms with Gasteiger partial charge in [-0.05, 0) is 35.7 Å². The van der Waals surface area contributed by atoms with E-state index in [1.165, 1.54) is 12.1 Å². The van der Waals surface area contributed by atoms with E-state index in [-0.39, 0.29) is 17.8 Å². The Balaban J connectivity index is 1.43. The van der Waals surface area contributed by atoms with Crippen LogP contribution < -0.4 is 5.32 Å². The summed E-state index contributed by atoms with van der Waals surface area (Å²) in [5.41, 5.74) is 2.91. The number of fused-ring (bicyclic) bond motifs is 1. The fraction of sp³-hybridized carbons (Fsp3) is 0.318. The number of carbonyl (C=O) groups excluding carboxylic acids is 1. The molecular formula is C22H24FN3OS. The molecule has 1 atom stereocenters. The van der Waals surface area contributed by atoms with Gasteiger partial charge in [0.05, 0.1) is 0 Å². The van der Waals surface area contributed by atoms with Gasteiger partial charge in [0.15, 0.2) is 0 Å². The normalized spacial score (nSPS) is 16.2. The summed E-state index contributed by atoms with van der Waals surface area (Å²) in [6.45, 7) is 2.40. The van der Waals surface area contributed by atoms with Crippen molar-refractivity contribution in [1.29, 1.82) is 0 Å². The van der Waals surface area contributed by atoms with Gasteiger partial charge in [-0.15, -0.1) is 0 Å². The number of aromatic nitrogens is 1. The van der Waals surface area contributed by atoms with Crippen molar-refractivity contribution < 1.29 is 9.18 Å². The molecule has 1 saturated heterocycles. The first-order chi connectivity index (χ1) is 13.7. The van der Waals surface area contributed by atoms with Crippen molar-refractivity contribution >= 4 is 28.6 Å². The molecule has 4 rings (SSSR count).